The predicted molar refractivity (Wildman–Crippen MR) is 70.2 cm³/mol. The van der Waals surface area contributed by atoms with Crippen LogP contribution < -0.4 is 0 Å². The van der Waals surface area contributed by atoms with Gasteiger partial charge in [0.25, 0.3) is 5.91 Å². The van der Waals surface area contributed by atoms with E-state index >= 15 is 0 Å². The fraction of sp³-hybridized carbons (Fsp3) is 0.385. The number of carbonyl (C=O) groups excluding carboxylic acids is 1. The number of ether oxygens (including phenoxy) is 1. The summed E-state index contributed by atoms with van der Waals surface area (Å²) in [6.45, 7) is -0.772. The topological polar surface area (TPSA) is 84.0 Å². The Morgan fingerprint density at radius 1 is 1.45 bits per heavy atom. The van der Waals surface area contributed by atoms with Gasteiger partial charge >= 0.3 is 6.11 Å². The summed E-state index contributed by atoms with van der Waals surface area (Å²) < 4.78 is 30.8. The van der Waals surface area contributed by atoms with Gasteiger partial charge in [0.1, 0.15) is 6.54 Å². The van der Waals surface area contributed by atoms with E-state index in [1.807, 2.05) is 0 Å². The first kappa shape index (κ1) is 14.5. The number of nitrogens with zero attached hydrogens (tertiary/aromatic N) is 4. The number of hydrogen-bond acceptors (Lipinski definition) is 5. The minimum absolute atomic E-state index is 0.142. The quantitative estimate of drug-likeness (QED) is 0.909. The molecule has 0 aliphatic carbocycles. The lowest BCUT2D eigenvalue weighted by atomic mass is 10.1. The molecule has 1 fully saturated rings. The maximum atomic E-state index is 13.2. The molecule has 7 nitrogen and oxygen atoms in total. The Hall–Kier alpha value is -2.42. The Morgan fingerprint density at radius 3 is 3.05 bits per heavy atom. The van der Waals surface area contributed by atoms with Crippen molar-refractivity contribution in [3.63, 3.8) is 0 Å². The number of H-pyrrole nitrogens is 1. The van der Waals surface area contributed by atoms with Crippen molar-refractivity contribution in [3.8, 4) is 0 Å². The number of benzene rings is 1. The lowest BCUT2D eigenvalue weighted by Crippen LogP contribution is -2.49. The highest BCUT2D eigenvalue weighted by Crippen LogP contribution is 2.22. The number of nitrogens with one attached hydrogen (secondary N) is 1. The first-order valence-corrected chi connectivity index (χ1v) is 6.66. The minimum atomic E-state index is -3.30. The average Bonchev–Trinajstić information content (AvgIpc) is 2.98. The van der Waals surface area contributed by atoms with Crippen molar-refractivity contribution >= 4 is 5.91 Å². The number of aromatic amines is 1. The van der Waals surface area contributed by atoms with Crippen molar-refractivity contribution in [2.75, 3.05) is 19.7 Å². The van der Waals surface area contributed by atoms with Gasteiger partial charge in [-0.25, -0.2) is 0 Å². The summed E-state index contributed by atoms with van der Waals surface area (Å²) in [6.07, 6.45) is -2.90. The molecule has 3 rings (SSSR count). The molecule has 1 saturated heterocycles. The van der Waals surface area contributed by atoms with E-state index in [2.05, 4.69) is 25.4 Å². The van der Waals surface area contributed by atoms with Crippen molar-refractivity contribution in [3.05, 3.63) is 41.2 Å². The molecule has 1 amide bonds. The Kier molecular flexibility index (Phi) is 3.80. The van der Waals surface area contributed by atoms with Crippen LogP contribution in [0, 0.1) is 0 Å². The molecule has 0 unspecified atom stereocenters. The molecule has 1 aromatic heterocycles. The highest BCUT2D eigenvalue weighted by Gasteiger charge is 2.38. The van der Waals surface area contributed by atoms with Crippen molar-refractivity contribution < 1.29 is 18.3 Å². The summed E-state index contributed by atoms with van der Waals surface area (Å²) in [7, 11) is 0. The Balaban J connectivity index is 1.75. The zero-order chi connectivity index (χ0) is 15.6. The van der Waals surface area contributed by atoms with E-state index in [-0.39, 0.29) is 13.2 Å². The molecule has 1 N–H and O–H groups in total. The number of amides is 1. The van der Waals surface area contributed by atoms with E-state index in [0.717, 1.165) is 10.5 Å². The normalized spacial score (nSPS) is 17.5. The molecule has 0 spiro atoms. The molecule has 22 heavy (non-hydrogen) atoms. The van der Waals surface area contributed by atoms with Gasteiger partial charge in [-0.2, -0.15) is 14.0 Å². The van der Waals surface area contributed by atoms with E-state index in [0.29, 0.717) is 17.8 Å². The van der Waals surface area contributed by atoms with Gasteiger partial charge < -0.3 is 9.64 Å². The van der Waals surface area contributed by atoms with E-state index in [1.165, 1.54) is 0 Å². The van der Waals surface area contributed by atoms with E-state index < -0.39 is 18.6 Å². The summed E-state index contributed by atoms with van der Waals surface area (Å²) in [5.74, 6) is 0.0421. The summed E-state index contributed by atoms with van der Waals surface area (Å²) in [4.78, 5) is 13.4. The molecule has 0 atom stereocenters. The summed E-state index contributed by atoms with van der Waals surface area (Å²) in [6, 6.07) is 6.74. The van der Waals surface area contributed by atoms with Gasteiger partial charge in [0.15, 0.2) is 5.82 Å². The third-order valence-electron chi connectivity index (χ3n) is 3.26. The molecule has 1 aliphatic rings. The first-order chi connectivity index (χ1) is 10.5. The first-order valence-electron chi connectivity index (χ1n) is 6.66. The highest BCUT2D eigenvalue weighted by atomic mass is 19.3. The van der Waals surface area contributed by atoms with Crippen LogP contribution in [0.15, 0.2) is 24.3 Å². The van der Waals surface area contributed by atoms with Crippen LogP contribution >= 0.6 is 0 Å². The molecule has 0 bridgehead atoms. The molecule has 0 saturated carbocycles. The zero-order valence-corrected chi connectivity index (χ0v) is 11.5. The van der Waals surface area contributed by atoms with Crippen LogP contribution in [0.2, 0.25) is 0 Å². The fourth-order valence-electron chi connectivity index (χ4n) is 2.26. The molecular formula is C13H13F2N5O2. The van der Waals surface area contributed by atoms with Crippen LogP contribution in [0.25, 0.3) is 0 Å². The standard InChI is InChI=1S/C13H13F2N5O2/c14-13(15)8-20(4-5-22-13)12(21)10-3-1-2-9(6-10)7-11-16-18-19-17-11/h1-3,6H,4-5,7-8H2,(H,16,17,18,19). The number of alkyl halides is 2. The monoisotopic (exact) mass is 309 g/mol. The number of tetrazole rings is 1. The van der Waals surface area contributed by atoms with E-state index in [1.54, 1.807) is 24.3 Å². The largest absolute Gasteiger partial charge is 0.373 e. The van der Waals surface area contributed by atoms with Gasteiger partial charge in [0, 0.05) is 18.5 Å². The number of aromatic nitrogens is 4. The van der Waals surface area contributed by atoms with E-state index in [9.17, 15) is 13.6 Å². The third kappa shape index (κ3) is 3.25. The second kappa shape index (κ2) is 5.76. The van der Waals surface area contributed by atoms with Gasteiger partial charge in [0.2, 0.25) is 0 Å². The van der Waals surface area contributed by atoms with Crippen LogP contribution in [-0.2, 0) is 11.2 Å². The number of rotatable bonds is 3. The second-order valence-corrected chi connectivity index (χ2v) is 4.92. The fourth-order valence-corrected chi connectivity index (χ4v) is 2.26. The lowest BCUT2D eigenvalue weighted by Gasteiger charge is -2.32. The van der Waals surface area contributed by atoms with Gasteiger partial charge in [-0.1, -0.05) is 17.3 Å². The van der Waals surface area contributed by atoms with Gasteiger partial charge in [-0.05, 0) is 17.7 Å². The average molecular weight is 309 g/mol. The summed E-state index contributed by atoms with van der Waals surface area (Å²) >= 11 is 0. The van der Waals surface area contributed by atoms with Gasteiger partial charge in [-0.15, -0.1) is 10.2 Å². The molecule has 2 heterocycles. The van der Waals surface area contributed by atoms with Crippen LogP contribution in [0.4, 0.5) is 8.78 Å². The molecule has 116 valence electrons. The van der Waals surface area contributed by atoms with Crippen LogP contribution in [0.3, 0.4) is 0 Å². The minimum Gasteiger partial charge on any atom is -0.328 e. The molecule has 1 aromatic carbocycles. The number of carbonyl (C=O) groups is 1. The van der Waals surface area contributed by atoms with Crippen molar-refractivity contribution in [2.24, 2.45) is 0 Å². The number of hydrogen-bond donors (Lipinski definition) is 1. The molecule has 9 heteroatoms. The molecular weight excluding hydrogens is 296 g/mol. The summed E-state index contributed by atoms with van der Waals surface area (Å²) in [5, 5.41) is 13.5. The predicted octanol–water partition coefficient (Wildman–Crippen LogP) is 0.856. The number of halogens is 2. The van der Waals surface area contributed by atoms with E-state index in [4.69, 9.17) is 0 Å². The lowest BCUT2D eigenvalue weighted by molar-refractivity contribution is -0.263. The van der Waals surface area contributed by atoms with Gasteiger partial charge in [-0.3, -0.25) is 4.79 Å². The SMILES string of the molecule is O=C(c1cccc(Cc2nn[nH]n2)c1)N1CCOC(F)(F)C1. The maximum absolute atomic E-state index is 13.2. The second-order valence-electron chi connectivity index (χ2n) is 4.92. The highest BCUT2D eigenvalue weighted by molar-refractivity contribution is 5.94. The van der Waals surface area contributed by atoms with Crippen LogP contribution in [-0.4, -0.2) is 57.2 Å². The Labute approximate surface area is 124 Å². The van der Waals surface area contributed by atoms with Crippen molar-refractivity contribution in [1.29, 1.82) is 0 Å². The zero-order valence-electron chi connectivity index (χ0n) is 11.5. The molecule has 0 radical (unpaired) electrons. The smallest absolute Gasteiger partial charge is 0.328 e. The van der Waals surface area contributed by atoms with Crippen molar-refractivity contribution in [2.45, 2.75) is 12.5 Å². The van der Waals surface area contributed by atoms with Crippen molar-refractivity contribution in [1.82, 2.24) is 25.5 Å². The third-order valence-corrected chi connectivity index (χ3v) is 3.26. The maximum Gasteiger partial charge on any atom is 0.373 e. The van der Waals surface area contributed by atoms with Gasteiger partial charge in [0.05, 0.1) is 6.61 Å². The number of morpholine rings is 1. The Bertz CT molecular complexity index is 662. The Morgan fingerprint density at radius 2 is 2.32 bits per heavy atom. The van der Waals surface area contributed by atoms with Crippen LogP contribution in [0.1, 0.15) is 21.7 Å². The van der Waals surface area contributed by atoms with Crippen LogP contribution in [0.5, 0.6) is 0 Å². The molecule has 2 aromatic rings. The summed E-state index contributed by atoms with van der Waals surface area (Å²) in [5.41, 5.74) is 1.14. The molecule has 1 aliphatic heterocycles.